The zero-order valence-corrected chi connectivity index (χ0v) is 16.0. The molecule has 1 N–H and O–H groups in total. The number of carbonyl (C=O) groups is 1. The highest BCUT2D eigenvalue weighted by atomic mass is 16.2. The Morgan fingerprint density at radius 2 is 1.65 bits per heavy atom. The van der Waals surface area contributed by atoms with Crippen molar-refractivity contribution in [3.63, 3.8) is 0 Å². The number of amides is 1. The number of hydrogen-bond acceptors (Lipinski definition) is 3. The number of carbonyl (C=O) groups excluding carboxylic acids is 1. The first-order chi connectivity index (χ1) is 12.5. The van der Waals surface area contributed by atoms with Gasteiger partial charge in [0, 0.05) is 38.6 Å². The van der Waals surface area contributed by atoms with Gasteiger partial charge >= 0.3 is 0 Å². The van der Waals surface area contributed by atoms with Crippen LogP contribution in [0.25, 0.3) is 0 Å². The summed E-state index contributed by atoms with van der Waals surface area (Å²) in [4.78, 5) is 16.7. The van der Waals surface area contributed by atoms with Gasteiger partial charge in [-0.25, -0.2) is 0 Å². The molecule has 1 aliphatic heterocycles. The van der Waals surface area contributed by atoms with Crippen molar-refractivity contribution < 1.29 is 4.79 Å². The molecule has 3 rings (SSSR count). The molecular formula is C22H29N3O. The fourth-order valence-corrected chi connectivity index (χ4v) is 3.39. The Labute approximate surface area is 156 Å². The van der Waals surface area contributed by atoms with E-state index in [0.717, 1.165) is 30.3 Å². The lowest BCUT2D eigenvalue weighted by Gasteiger charge is -2.32. The molecule has 1 amide bonds. The molecule has 2 aromatic carbocycles. The van der Waals surface area contributed by atoms with E-state index in [2.05, 4.69) is 41.4 Å². The van der Waals surface area contributed by atoms with Crippen LogP contribution in [0.1, 0.15) is 31.4 Å². The van der Waals surface area contributed by atoms with Crippen LogP contribution in [0.15, 0.2) is 54.6 Å². The zero-order chi connectivity index (χ0) is 18.5. The summed E-state index contributed by atoms with van der Waals surface area (Å²) < 4.78 is 0. The molecule has 1 aliphatic rings. The van der Waals surface area contributed by atoms with E-state index in [0.29, 0.717) is 0 Å². The lowest BCUT2D eigenvalue weighted by atomic mass is 9.99. The van der Waals surface area contributed by atoms with E-state index in [9.17, 15) is 4.79 Å². The molecule has 26 heavy (non-hydrogen) atoms. The summed E-state index contributed by atoms with van der Waals surface area (Å²) in [5.41, 5.74) is 3.20. The van der Waals surface area contributed by atoms with Crippen LogP contribution in [0.4, 0.5) is 11.4 Å². The van der Waals surface area contributed by atoms with Crippen molar-refractivity contribution >= 4 is 17.3 Å². The number of nitrogens with one attached hydrogen (secondary N) is 1. The SMILES string of the molecule is CC1CCN(c2ccc(NC(C(=O)N(C)C)c3ccccc3)cc2)CC1. The predicted molar refractivity (Wildman–Crippen MR) is 109 cm³/mol. The van der Waals surface area contributed by atoms with Gasteiger partial charge in [-0.2, -0.15) is 0 Å². The second-order valence-corrected chi connectivity index (χ2v) is 7.44. The summed E-state index contributed by atoms with van der Waals surface area (Å²) in [5, 5.41) is 3.40. The summed E-state index contributed by atoms with van der Waals surface area (Å²) in [7, 11) is 3.58. The molecule has 1 heterocycles. The van der Waals surface area contributed by atoms with Crippen molar-refractivity contribution in [2.75, 3.05) is 37.4 Å². The Morgan fingerprint density at radius 1 is 1.04 bits per heavy atom. The van der Waals surface area contributed by atoms with Crippen LogP contribution in [0.5, 0.6) is 0 Å². The summed E-state index contributed by atoms with van der Waals surface area (Å²) in [6, 6.07) is 18.0. The van der Waals surface area contributed by atoms with E-state index in [-0.39, 0.29) is 11.9 Å². The second kappa shape index (κ2) is 8.26. The topological polar surface area (TPSA) is 35.6 Å². The Morgan fingerprint density at radius 3 is 2.23 bits per heavy atom. The first-order valence-corrected chi connectivity index (χ1v) is 9.42. The van der Waals surface area contributed by atoms with E-state index < -0.39 is 0 Å². The fraction of sp³-hybridized carbons (Fsp3) is 0.409. The van der Waals surface area contributed by atoms with Crippen molar-refractivity contribution in [2.24, 2.45) is 5.92 Å². The molecule has 0 saturated carbocycles. The highest BCUT2D eigenvalue weighted by molar-refractivity contribution is 5.85. The van der Waals surface area contributed by atoms with E-state index in [1.54, 1.807) is 19.0 Å². The highest BCUT2D eigenvalue weighted by Gasteiger charge is 2.22. The summed E-state index contributed by atoms with van der Waals surface area (Å²) in [6.45, 7) is 4.58. The number of hydrogen-bond donors (Lipinski definition) is 1. The molecule has 4 heteroatoms. The van der Waals surface area contributed by atoms with Crippen LogP contribution in [-0.2, 0) is 4.79 Å². The van der Waals surface area contributed by atoms with Crippen LogP contribution in [0.2, 0.25) is 0 Å². The Hall–Kier alpha value is -2.49. The molecule has 2 aromatic rings. The van der Waals surface area contributed by atoms with Gasteiger partial charge in [0.25, 0.3) is 0 Å². The maximum atomic E-state index is 12.6. The average Bonchev–Trinajstić information content (AvgIpc) is 2.67. The molecule has 1 atom stereocenters. The third-order valence-electron chi connectivity index (χ3n) is 5.15. The van der Waals surface area contributed by atoms with Crippen molar-refractivity contribution in [1.29, 1.82) is 0 Å². The van der Waals surface area contributed by atoms with Gasteiger partial charge in [0.05, 0.1) is 0 Å². The number of piperidine rings is 1. The molecule has 4 nitrogen and oxygen atoms in total. The molecule has 0 aromatic heterocycles. The number of rotatable bonds is 5. The van der Waals surface area contributed by atoms with Gasteiger partial charge in [-0.15, -0.1) is 0 Å². The molecule has 0 aliphatic carbocycles. The number of benzene rings is 2. The van der Waals surface area contributed by atoms with Gasteiger partial charge in [0.15, 0.2) is 0 Å². The van der Waals surface area contributed by atoms with Gasteiger partial charge in [0.2, 0.25) is 5.91 Å². The average molecular weight is 351 g/mol. The zero-order valence-electron chi connectivity index (χ0n) is 16.0. The van der Waals surface area contributed by atoms with Crippen molar-refractivity contribution in [1.82, 2.24) is 4.90 Å². The summed E-state index contributed by atoms with van der Waals surface area (Å²) in [6.07, 6.45) is 2.51. The summed E-state index contributed by atoms with van der Waals surface area (Å²) in [5.74, 6) is 0.876. The van der Waals surface area contributed by atoms with Crippen LogP contribution in [0, 0.1) is 5.92 Å². The van der Waals surface area contributed by atoms with E-state index in [1.807, 2.05) is 30.3 Å². The normalized spacial score (nSPS) is 16.2. The lowest BCUT2D eigenvalue weighted by Crippen LogP contribution is -2.33. The first kappa shape index (κ1) is 18.3. The standard InChI is InChI=1S/C22H29N3O/c1-17-13-15-25(16-14-17)20-11-9-19(10-12-20)23-21(22(26)24(2)3)18-7-5-4-6-8-18/h4-12,17,21,23H,13-16H2,1-3H3. The fourth-order valence-electron chi connectivity index (χ4n) is 3.39. The first-order valence-electron chi connectivity index (χ1n) is 9.42. The minimum atomic E-state index is -0.382. The number of anilines is 2. The van der Waals surface area contributed by atoms with Crippen LogP contribution in [-0.4, -0.2) is 38.0 Å². The third-order valence-corrected chi connectivity index (χ3v) is 5.15. The van der Waals surface area contributed by atoms with Crippen molar-refractivity contribution in [3.05, 3.63) is 60.2 Å². The molecule has 0 radical (unpaired) electrons. The highest BCUT2D eigenvalue weighted by Crippen LogP contribution is 2.26. The lowest BCUT2D eigenvalue weighted by molar-refractivity contribution is -0.129. The molecule has 0 bridgehead atoms. The van der Waals surface area contributed by atoms with Crippen LogP contribution in [0.3, 0.4) is 0 Å². The molecule has 1 fully saturated rings. The number of nitrogens with zero attached hydrogens (tertiary/aromatic N) is 2. The second-order valence-electron chi connectivity index (χ2n) is 7.44. The molecule has 1 saturated heterocycles. The maximum Gasteiger partial charge on any atom is 0.249 e. The third kappa shape index (κ3) is 4.37. The maximum absolute atomic E-state index is 12.6. The molecule has 138 valence electrons. The monoisotopic (exact) mass is 351 g/mol. The van der Waals surface area contributed by atoms with E-state index >= 15 is 0 Å². The van der Waals surface area contributed by atoms with Gasteiger partial charge in [0.1, 0.15) is 6.04 Å². The summed E-state index contributed by atoms with van der Waals surface area (Å²) >= 11 is 0. The predicted octanol–water partition coefficient (Wildman–Crippen LogP) is 4.16. The Balaban J connectivity index is 1.74. The Bertz CT molecular complexity index is 704. The van der Waals surface area contributed by atoms with Crippen LogP contribution >= 0.6 is 0 Å². The minimum Gasteiger partial charge on any atom is -0.372 e. The van der Waals surface area contributed by atoms with Crippen molar-refractivity contribution in [3.8, 4) is 0 Å². The van der Waals surface area contributed by atoms with E-state index in [1.165, 1.54) is 18.5 Å². The smallest absolute Gasteiger partial charge is 0.249 e. The molecule has 0 spiro atoms. The van der Waals surface area contributed by atoms with Crippen LogP contribution < -0.4 is 10.2 Å². The van der Waals surface area contributed by atoms with Gasteiger partial charge < -0.3 is 15.1 Å². The quantitative estimate of drug-likeness (QED) is 0.878. The van der Waals surface area contributed by atoms with Gasteiger partial charge in [-0.3, -0.25) is 4.79 Å². The molecular weight excluding hydrogens is 322 g/mol. The van der Waals surface area contributed by atoms with E-state index in [4.69, 9.17) is 0 Å². The Kier molecular flexibility index (Phi) is 5.82. The van der Waals surface area contributed by atoms with Gasteiger partial charge in [-0.1, -0.05) is 37.3 Å². The van der Waals surface area contributed by atoms with Crippen molar-refractivity contribution in [2.45, 2.75) is 25.8 Å². The largest absolute Gasteiger partial charge is 0.372 e. The molecule has 1 unspecified atom stereocenters. The minimum absolute atomic E-state index is 0.0466. The number of likely N-dealkylation sites (N-methyl/N-ethyl adjacent to an activating group) is 1. The van der Waals surface area contributed by atoms with Gasteiger partial charge in [-0.05, 0) is 48.6 Å².